The van der Waals surface area contributed by atoms with Gasteiger partial charge in [0.05, 0.1) is 6.26 Å². The van der Waals surface area contributed by atoms with Crippen molar-refractivity contribution in [1.29, 1.82) is 0 Å². The van der Waals surface area contributed by atoms with E-state index in [1.54, 1.807) is 4.90 Å². The number of nitrogens with one attached hydrogen (secondary N) is 1. The average molecular weight is 404 g/mol. The SMILES string of the molecule is CS(=O)(=O)N1C[C@@H]2CCN(C(=O)C[C@H]([NH])Cc3cc(F)c(F)cc3F)[C@@H]2C1. The van der Waals surface area contributed by atoms with Gasteiger partial charge in [-0.05, 0) is 30.4 Å². The Morgan fingerprint density at radius 2 is 1.89 bits per heavy atom. The van der Waals surface area contributed by atoms with Gasteiger partial charge in [0, 0.05) is 44.2 Å². The summed E-state index contributed by atoms with van der Waals surface area (Å²) in [6.45, 7) is 1.13. The third kappa shape index (κ3) is 4.27. The van der Waals surface area contributed by atoms with Gasteiger partial charge in [0.1, 0.15) is 5.82 Å². The van der Waals surface area contributed by atoms with Crippen molar-refractivity contribution in [2.45, 2.75) is 31.3 Å². The minimum atomic E-state index is -3.32. The van der Waals surface area contributed by atoms with Gasteiger partial charge in [-0.2, -0.15) is 4.31 Å². The third-order valence-electron chi connectivity index (χ3n) is 5.28. The lowest BCUT2D eigenvalue weighted by Gasteiger charge is -2.25. The summed E-state index contributed by atoms with van der Waals surface area (Å²) in [5.74, 6) is -3.66. The Morgan fingerprint density at radius 3 is 2.56 bits per heavy atom. The molecule has 27 heavy (non-hydrogen) atoms. The quantitative estimate of drug-likeness (QED) is 0.691. The van der Waals surface area contributed by atoms with Crippen molar-refractivity contribution < 1.29 is 26.4 Å². The molecule has 0 bridgehead atoms. The van der Waals surface area contributed by atoms with Crippen molar-refractivity contribution in [3.8, 4) is 0 Å². The summed E-state index contributed by atoms with van der Waals surface area (Å²) in [7, 11) is -3.32. The second-order valence-electron chi connectivity index (χ2n) is 7.25. The first kappa shape index (κ1) is 20.1. The number of carbonyl (C=O) groups excluding carboxylic acids is 1. The highest BCUT2D eigenvalue weighted by atomic mass is 32.2. The van der Waals surface area contributed by atoms with E-state index >= 15 is 0 Å². The molecule has 2 heterocycles. The van der Waals surface area contributed by atoms with Crippen LogP contribution in [0.25, 0.3) is 0 Å². The van der Waals surface area contributed by atoms with Crippen molar-refractivity contribution in [1.82, 2.24) is 14.9 Å². The summed E-state index contributed by atoms with van der Waals surface area (Å²) in [6.07, 6.45) is 1.42. The van der Waals surface area contributed by atoms with Gasteiger partial charge in [-0.15, -0.1) is 0 Å². The summed E-state index contributed by atoms with van der Waals surface area (Å²) in [4.78, 5) is 14.2. The fourth-order valence-corrected chi connectivity index (χ4v) is 4.77. The van der Waals surface area contributed by atoms with Crippen LogP contribution in [-0.4, -0.2) is 61.5 Å². The third-order valence-corrected chi connectivity index (χ3v) is 6.52. The molecule has 149 valence electrons. The Labute approximate surface area is 156 Å². The first-order valence-electron chi connectivity index (χ1n) is 8.65. The van der Waals surface area contributed by atoms with E-state index in [1.807, 2.05) is 0 Å². The number of amides is 1. The molecule has 2 fully saturated rings. The molecule has 0 aromatic heterocycles. The predicted octanol–water partition coefficient (Wildman–Crippen LogP) is 1.18. The Balaban J connectivity index is 1.61. The number of halogens is 3. The topological polar surface area (TPSA) is 81.5 Å². The number of benzene rings is 1. The molecule has 3 rings (SSSR count). The Morgan fingerprint density at radius 1 is 1.22 bits per heavy atom. The molecule has 0 unspecified atom stereocenters. The fourth-order valence-electron chi connectivity index (χ4n) is 3.89. The molecule has 6 nitrogen and oxygen atoms in total. The van der Waals surface area contributed by atoms with E-state index in [-0.39, 0.29) is 42.8 Å². The number of fused-ring (bicyclic) bond motifs is 1. The standard InChI is InChI=1S/C17H21F3N3O3S/c1-27(25,26)22-8-10-2-3-23(16(10)9-22)17(24)6-12(21)4-11-5-14(19)15(20)7-13(11)18/h5,7,10,12,16,21H,2-4,6,8-9H2,1H3/t10-,12+,16+/m0/s1. The van der Waals surface area contributed by atoms with E-state index in [9.17, 15) is 26.4 Å². The second-order valence-corrected chi connectivity index (χ2v) is 9.23. The highest BCUT2D eigenvalue weighted by Crippen LogP contribution is 2.33. The van der Waals surface area contributed by atoms with Crippen LogP contribution in [-0.2, 0) is 21.2 Å². The van der Waals surface area contributed by atoms with Crippen LogP contribution in [0.1, 0.15) is 18.4 Å². The molecule has 1 aromatic rings. The summed E-state index contributed by atoms with van der Waals surface area (Å²) >= 11 is 0. The van der Waals surface area contributed by atoms with Crippen LogP contribution in [0.3, 0.4) is 0 Å². The smallest absolute Gasteiger partial charge is 0.224 e. The normalized spacial score (nSPS) is 24.3. The molecule has 1 aromatic carbocycles. The van der Waals surface area contributed by atoms with Crippen LogP contribution in [0.5, 0.6) is 0 Å². The van der Waals surface area contributed by atoms with Crippen molar-refractivity contribution in [2.24, 2.45) is 5.92 Å². The molecule has 3 atom stereocenters. The van der Waals surface area contributed by atoms with E-state index in [1.165, 1.54) is 4.31 Å². The zero-order valence-electron chi connectivity index (χ0n) is 14.8. The maximum Gasteiger partial charge on any atom is 0.224 e. The molecule has 2 aliphatic rings. The molecule has 1 N–H and O–H groups in total. The monoisotopic (exact) mass is 404 g/mol. The molecular formula is C17H21F3N3O3S. The molecule has 2 saturated heterocycles. The van der Waals surface area contributed by atoms with E-state index < -0.39 is 33.5 Å². The number of nitrogens with zero attached hydrogens (tertiary/aromatic N) is 2. The summed E-state index contributed by atoms with van der Waals surface area (Å²) in [5, 5.41) is 0. The molecule has 1 radical (unpaired) electrons. The zero-order chi connectivity index (χ0) is 19.9. The van der Waals surface area contributed by atoms with Gasteiger partial charge >= 0.3 is 0 Å². The second kappa shape index (κ2) is 7.40. The number of carbonyl (C=O) groups is 1. The number of sulfonamides is 1. The highest BCUT2D eigenvalue weighted by Gasteiger charge is 2.45. The van der Waals surface area contributed by atoms with Crippen molar-refractivity contribution in [3.63, 3.8) is 0 Å². The van der Waals surface area contributed by atoms with Crippen LogP contribution in [0.15, 0.2) is 12.1 Å². The number of hydrogen-bond acceptors (Lipinski definition) is 3. The first-order chi connectivity index (χ1) is 12.6. The zero-order valence-corrected chi connectivity index (χ0v) is 15.6. The largest absolute Gasteiger partial charge is 0.338 e. The summed E-state index contributed by atoms with van der Waals surface area (Å²) in [6, 6.07) is -0.0747. The van der Waals surface area contributed by atoms with Crippen molar-refractivity contribution in [3.05, 3.63) is 35.1 Å². The Bertz CT molecular complexity index is 849. The van der Waals surface area contributed by atoms with Gasteiger partial charge in [0.25, 0.3) is 0 Å². The molecule has 2 aliphatic heterocycles. The molecule has 1 amide bonds. The maximum atomic E-state index is 13.7. The summed E-state index contributed by atoms with van der Waals surface area (Å²) < 4.78 is 64.7. The van der Waals surface area contributed by atoms with Gasteiger partial charge in [0.2, 0.25) is 15.9 Å². The number of likely N-dealkylation sites (tertiary alicyclic amines) is 1. The van der Waals surface area contributed by atoms with E-state index in [0.29, 0.717) is 31.6 Å². The lowest BCUT2D eigenvalue weighted by atomic mass is 10.0. The number of hydrogen-bond donors (Lipinski definition) is 0. The summed E-state index contributed by atoms with van der Waals surface area (Å²) in [5.41, 5.74) is 7.87. The lowest BCUT2D eigenvalue weighted by Crippen LogP contribution is -2.42. The Hall–Kier alpha value is -1.65. The van der Waals surface area contributed by atoms with Crippen LogP contribution in [0.4, 0.5) is 13.2 Å². The first-order valence-corrected chi connectivity index (χ1v) is 10.5. The van der Waals surface area contributed by atoms with Gasteiger partial charge in [-0.25, -0.2) is 21.6 Å². The minimum absolute atomic E-state index is 0.0801. The fraction of sp³-hybridized carbons (Fsp3) is 0.588. The van der Waals surface area contributed by atoms with E-state index in [0.717, 1.165) is 6.26 Å². The molecular weight excluding hydrogens is 383 g/mol. The van der Waals surface area contributed by atoms with Crippen LogP contribution >= 0.6 is 0 Å². The molecule has 0 aliphatic carbocycles. The van der Waals surface area contributed by atoms with Gasteiger partial charge in [-0.3, -0.25) is 10.5 Å². The van der Waals surface area contributed by atoms with Crippen LogP contribution in [0.2, 0.25) is 0 Å². The van der Waals surface area contributed by atoms with Crippen LogP contribution < -0.4 is 5.73 Å². The predicted molar refractivity (Wildman–Crippen MR) is 91.5 cm³/mol. The van der Waals surface area contributed by atoms with Crippen LogP contribution in [0, 0.1) is 23.4 Å². The highest BCUT2D eigenvalue weighted by molar-refractivity contribution is 7.88. The van der Waals surface area contributed by atoms with E-state index in [2.05, 4.69) is 0 Å². The molecule has 0 spiro atoms. The number of rotatable bonds is 5. The van der Waals surface area contributed by atoms with Crippen molar-refractivity contribution >= 4 is 15.9 Å². The average Bonchev–Trinajstić information content (AvgIpc) is 3.12. The van der Waals surface area contributed by atoms with Gasteiger partial charge in [-0.1, -0.05) is 0 Å². The Kier molecular flexibility index (Phi) is 5.51. The van der Waals surface area contributed by atoms with Crippen molar-refractivity contribution in [2.75, 3.05) is 25.9 Å². The minimum Gasteiger partial charge on any atom is -0.338 e. The van der Waals surface area contributed by atoms with Gasteiger partial charge < -0.3 is 4.90 Å². The molecule has 10 heteroatoms. The molecule has 0 saturated carbocycles. The van der Waals surface area contributed by atoms with Gasteiger partial charge in [0.15, 0.2) is 11.6 Å². The maximum absolute atomic E-state index is 13.7. The van der Waals surface area contributed by atoms with E-state index in [4.69, 9.17) is 5.73 Å². The lowest BCUT2D eigenvalue weighted by molar-refractivity contribution is -0.132.